The summed E-state index contributed by atoms with van der Waals surface area (Å²) in [6.07, 6.45) is 0.383. The highest BCUT2D eigenvalue weighted by Gasteiger charge is 2.41. The molecule has 0 bridgehead atoms. The van der Waals surface area contributed by atoms with Crippen LogP contribution in [0, 0.1) is 0 Å². The van der Waals surface area contributed by atoms with E-state index in [1.165, 1.54) is 4.90 Å². The quantitative estimate of drug-likeness (QED) is 0.613. The lowest BCUT2D eigenvalue weighted by Crippen LogP contribution is -2.35. The topological polar surface area (TPSA) is 63.2 Å². The van der Waals surface area contributed by atoms with Gasteiger partial charge in [-0.3, -0.25) is 14.5 Å². The third kappa shape index (κ3) is 3.20. The third-order valence-corrected chi connectivity index (χ3v) is 4.99. The van der Waals surface area contributed by atoms with Crippen molar-refractivity contribution in [3.63, 3.8) is 0 Å². The fourth-order valence-corrected chi connectivity index (χ4v) is 3.64. The Kier molecular flexibility index (Phi) is 4.64. The average molecular weight is 398 g/mol. The molecule has 0 saturated heterocycles. The van der Waals surface area contributed by atoms with Gasteiger partial charge < -0.3 is 0 Å². The maximum atomic E-state index is 13.0. The molecule has 134 valence electrons. The zero-order valence-electron chi connectivity index (χ0n) is 14.0. The number of imide groups is 1. The number of rotatable bonds is 4. The Morgan fingerprint density at radius 3 is 2.07 bits per heavy atom. The zero-order chi connectivity index (χ0) is 19.0. The monoisotopic (exact) mass is 397 g/mol. The molecule has 27 heavy (non-hydrogen) atoms. The fraction of sp³-hybridized carbons (Fsp3) is 0.100. The summed E-state index contributed by atoms with van der Waals surface area (Å²) < 4.78 is 0. The van der Waals surface area contributed by atoms with Gasteiger partial charge in [-0.2, -0.15) is 0 Å². The predicted octanol–water partition coefficient (Wildman–Crippen LogP) is 4.36. The minimum absolute atomic E-state index is 0.108. The number of hydrogen-bond acceptors (Lipinski definition) is 4. The van der Waals surface area contributed by atoms with Gasteiger partial charge in [-0.15, -0.1) is 10.2 Å². The van der Waals surface area contributed by atoms with Crippen molar-refractivity contribution in [1.82, 2.24) is 15.1 Å². The lowest BCUT2D eigenvalue weighted by Gasteiger charge is -2.27. The Balaban J connectivity index is 1.83. The van der Waals surface area contributed by atoms with Gasteiger partial charge in [-0.05, 0) is 30.2 Å². The summed E-state index contributed by atoms with van der Waals surface area (Å²) in [4.78, 5) is 27.2. The van der Waals surface area contributed by atoms with Gasteiger partial charge in [-0.1, -0.05) is 65.7 Å². The first-order valence-electron chi connectivity index (χ1n) is 8.25. The SMILES string of the molecule is O=C1c2ccccc2C(=O)N1C(Cc1ccccc1)c1cc(Cl)nnc1Cl. The number of benzene rings is 2. The van der Waals surface area contributed by atoms with Crippen LogP contribution in [0.5, 0.6) is 0 Å². The molecule has 0 fully saturated rings. The highest BCUT2D eigenvalue weighted by atomic mass is 35.5. The first-order valence-corrected chi connectivity index (χ1v) is 9.01. The first-order chi connectivity index (χ1) is 13.1. The Morgan fingerprint density at radius 2 is 1.44 bits per heavy atom. The van der Waals surface area contributed by atoms with E-state index in [4.69, 9.17) is 23.2 Å². The Bertz CT molecular complexity index is 1010. The molecule has 1 aliphatic rings. The fourth-order valence-electron chi connectivity index (χ4n) is 3.27. The molecule has 4 rings (SSSR count). The average Bonchev–Trinajstić information content (AvgIpc) is 2.94. The van der Waals surface area contributed by atoms with Crippen molar-refractivity contribution >= 4 is 35.0 Å². The van der Waals surface area contributed by atoms with Gasteiger partial charge in [-0.25, -0.2) is 0 Å². The van der Waals surface area contributed by atoms with Crippen molar-refractivity contribution in [2.24, 2.45) is 0 Å². The van der Waals surface area contributed by atoms with E-state index in [2.05, 4.69) is 10.2 Å². The highest BCUT2D eigenvalue weighted by Crippen LogP contribution is 2.36. The number of carbonyl (C=O) groups excluding carboxylic acids is 2. The predicted molar refractivity (Wildman–Crippen MR) is 102 cm³/mol. The standard InChI is InChI=1S/C20H13Cl2N3O2/c21-17-11-15(18(22)24-23-17)16(10-12-6-2-1-3-7-12)25-19(26)13-8-4-5-9-14(13)20(25)27/h1-9,11,16H,10H2. The lowest BCUT2D eigenvalue weighted by molar-refractivity contribution is 0.0581. The van der Waals surface area contributed by atoms with Crippen molar-refractivity contribution in [1.29, 1.82) is 0 Å². The molecule has 1 unspecified atom stereocenters. The van der Waals surface area contributed by atoms with Crippen molar-refractivity contribution in [2.45, 2.75) is 12.5 Å². The van der Waals surface area contributed by atoms with Gasteiger partial charge in [0.25, 0.3) is 11.8 Å². The minimum atomic E-state index is -0.653. The van der Waals surface area contributed by atoms with Crippen LogP contribution in [0.2, 0.25) is 10.3 Å². The molecule has 2 heterocycles. The van der Waals surface area contributed by atoms with Crippen LogP contribution >= 0.6 is 23.2 Å². The zero-order valence-corrected chi connectivity index (χ0v) is 15.5. The first kappa shape index (κ1) is 17.6. The number of hydrogen-bond donors (Lipinski definition) is 0. The summed E-state index contributed by atoms with van der Waals surface area (Å²) >= 11 is 12.3. The van der Waals surface area contributed by atoms with Crippen LogP contribution in [0.4, 0.5) is 0 Å². The van der Waals surface area contributed by atoms with E-state index in [1.54, 1.807) is 30.3 Å². The van der Waals surface area contributed by atoms with Crippen molar-refractivity contribution in [3.05, 3.63) is 93.2 Å². The van der Waals surface area contributed by atoms with E-state index < -0.39 is 6.04 Å². The Hall–Kier alpha value is -2.76. The Labute approximate surface area is 165 Å². The molecule has 2 amide bonds. The van der Waals surface area contributed by atoms with Crippen molar-refractivity contribution in [2.75, 3.05) is 0 Å². The Morgan fingerprint density at radius 1 is 0.852 bits per heavy atom. The van der Waals surface area contributed by atoms with E-state index in [0.29, 0.717) is 23.1 Å². The third-order valence-electron chi connectivity index (χ3n) is 4.51. The molecule has 0 aliphatic carbocycles. The van der Waals surface area contributed by atoms with Gasteiger partial charge in [0.05, 0.1) is 17.2 Å². The second-order valence-electron chi connectivity index (χ2n) is 6.14. The van der Waals surface area contributed by atoms with E-state index in [0.717, 1.165) is 5.56 Å². The van der Waals surface area contributed by atoms with Gasteiger partial charge in [0, 0.05) is 5.56 Å². The summed E-state index contributed by atoms with van der Waals surface area (Å²) in [5.41, 5.74) is 2.19. The van der Waals surface area contributed by atoms with Gasteiger partial charge in [0.15, 0.2) is 10.3 Å². The van der Waals surface area contributed by atoms with Crippen LogP contribution in [0.15, 0.2) is 60.7 Å². The smallest absolute Gasteiger partial charge is 0.262 e. The summed E-state index contributed by atoms with van der Waals surface area (Å²) in [6.45, 7) is 0. The van der Waals surface area contributed by atoms with Crippen LogP contribution in [-0.4, -0.2) is 26.9 Å². The van der Waals surface area contributed by atoms with Crippen molar-refractivity contribution < 1.29 is 9.59 Å². The van der Waals surface area contributed by atoms with Crippen LogP contribution in [0.25, 0.3) is 0 Å². The summed E-state index contributed by atoms with van der Waals surface area (Å²) in [5.74, 6) is -0.721. The molecule has 2 aromatic carbocycles. The normalized spacial score (nSPS) is 14.4. The second kappa shape index (κ2) is 7.10. The van der Waals surface area contributed by atoms with Crippen molar-refractivity contribution in [3.8, 4) is 0 Å². The number of carbonyl (C=O) groups is 2. The highest BCUT2D eigenvalue weighted by molar-refractivity contribution is 6.32. The van der Waals surface area contributed by atoms with E-state index >= 15 is 0 Å². The molecule has 1 atom stereocenters. The molecule has 7 heteroatoms. The molecule has 3 aromatic rings. The van der Waals surface area contributed by atoms with Crippen LogP contribution in [0.3, 0.4) is 0 Å². The number of fused-ring (bicyclic) bond motifs is 1. The maximum absolute atomic E-state index is 13.0. The largest absolute Gasteiger partial charge is 0.269 e. The van der Waals surface area contributed by atoms with Crippen LogP contribution < -0.4 is 0 Å². The minimum Gasteiger partial charge on any atom is -0.269 e. The number of amides is 2. The molecule has 0 saturated carbocycles. The van der Waals surface area contributed by atoms with Crippen LogP contribution in [0.1, 0.15) is 37.9 Å². The summed E-state index contributed by atoms with van der Waals surface area (Å²) in [7, 11) is 0. The van der Waals surface area contributed by atoms with E-state index in [-0.39, 0.29) is 22.1 Å². The van der Waals surface area contributed by atoms with Gasteiger partial charge >= 0.3 is 0 Å². The molecule has 0 radical (unpaired) electrons. The van der Waals surface area contributed by atoms with E-state index in [1.807, 2.05) is 30.3 Å². The second-order valence-corrected chi connectivity index (χ2v) is 6.89. The van der Waals surface area contributed by atoms with Gasteiger partial charge in [0.1, 0.15) is 0 Å². The molecule has 1 aromatic heterocycles. The lowest BCUT2D eigenvalue weighted by atomic mass is 9.99. The molecule has 5 nitrogen and oxygen atoms in total. The van der Waals surface area contributed by atoms with Crippen LogP contribution in [-0.2, 0) is 6.42 Å². The van der Waals surface area contributed by atoms with E-state index in [9.17, 15) is 9.59 Å². The molecular formula is C20H13Cl2N3O2. The summed E-state index contributed by atoms with van der Waals surface area (Å²) in [5, 5.41) is 7.82. The maximum Gasteiger partial charge on any atom is 0.262 e. The molecule has 0 N–H and O–H groups in total. The number of aromatic nitrogens is 2. The summed E-state index contributed by atoms with van der Waals surface area (Å²) in [6, 6.07) is 17.2. The number of halogens is 2. The molecular weight excluding hydrogens is 385 g/mol. The number of nitrogens with zero attached hydrogens (tertiary/aromatic N) is 3. The molecule has 1 aliphatic heterocycles. The molecule has 0 spiro atoms. The van der Waals surface area contributed by atoms with Gasteiger partial charge in [0.2, 0.25) is 0 Å².